The van der Waals surface area contributed by atoms with E-state index in [9.17, 15) is 5.11 Å². The van der Waals surface area contributed by atoms with E-state index in [-0.39, 0.29) is 6.10 Å². The molecule has 0 radical (unpaired) electrons. The molecule has 2 aromatic rings. The Hall–Kier alpha value is -1.23. The Morgan fingerprint density at radius 2 is 2.00 bits per heavy atom. The van der Waals surface area contributed by atoms with Gasteiger partial charge < -0.3 is 10.4 Å². The maximum absolute atomic E-state index is 9.99. The highest BCUT2D eigenvalue weighted by Gasteiger charge is 2.07. The molecule has 1 atom stereocenters. The summed E-state index contributed by atoms with van der Waals surface area (Å²) in [7, 11) is 0. The van der Waals surface area contributed by atoms with E-state index in [4.69, 9.17) is 0 Å². The van der Waals surface area contributed by atoms with Gasteiger partial charge in [-0.15, -0.1) is 11.3 Å². The summed E-state index contributed by atoms with van der Waals surface area (Å²) in [4.78, 5) is 4.56. The minimum atomic E-state index is -0.361. The van der Waals surface area contributed by atoms with Crippen LogP contribution in [0.1, 0.15) is 36.0 Å². The van der Waals surface area contributed by atoms with Gasteiger partial charge in [0.15, 0.2) is 0 Å². The van der Waals surface area contributed by atoms with Gasteiger partial charge in [0.05, 0.1) is 16.8 Å². The lowest BCUT2D eigenvalue weighted by atomic mass is 10.1. The van der Waals surface area contributed by atoms with Gasteiger partial charge in [-0.2, -0.15) is 0 Å². The number of benzene rings is 1. The van der Waals surface area contributed by atoms with Gasteiger partial charge >= 0.3 is 0 Å². The second-order valence-corrected chi connectivity index (χ2v) is 6.20. The number of aromatic nitrogens is 1. The fourth-order valence-corrected chi connectivity index (χ4v) is 2.83. The van der Waals surface area contributed by atoms with E-state index in [0.29, 0.717) is 18.9 Å². The third-order valence-corrected chi connectivity index (χ3v) is 4.26. The standard InChI is InChI=1S/C16H22N2OS/c1-12(2)16-18-14(11-20-16)9-17-10-15(19)8-13-6-4-3-5-7-13/h3-7,11-12,15,17,19H,8-10H2,1-2H3. The summed E-state index contributed by atoms with van der Waals surface area (Å²) < 4.78 is 0. The van der Waals surface area contributed by atoms with E-state index in [1.807, 2.05) is 30.3 Å². The highest BCUT2D eigenvalue weighted by molar-refractivity contribution is 7.09. The number of hydrogen-bond acceptors (Lipinski definition) is 4. The van der Waals surface area contributed by atoms with Crippen molar-refractivity contribution in [2.75, 3.05) is 6.54 Å². The molecule has 2 rings (SSSR count). The van der Waals surface area contributed by atoms with Gasteiger partial charge in [-0.1, -0.05) is 44.2 Å². The van der Waals surface area contributed by atoms with E-state index in [1.54, 1.807) is 11.3 Å². The van der Waals surface area contributed by atoms with Crippen molar-refractivity contribution >= 4 is 11.3 Å². The Balaban J connectivity index is 1.72. The zero-order valence-electron chi connectivity index (χ0n) is 12.0. The molecule has 0 aliphatic carbocycles. The van der Waals surface area contributed by atoms with Gasteiger partial charge in [0.25, 0.3) is 0 Å². The maximum Gasteiger partial charge on any atom is 0.0954 e. The monoisotopic (exact) mass is 290 g/mol. The van der Waals surface area contributed by atoms with Crippen LogP contribution >= 0.6 is 11.3 Å². The van der Waals surface area contributed by atoms with Crippen molar-refractivity contribution in [1.82, 2.24) is 10.3 Å². The summed E-state index contributed by atoms with van der Waals surface area (Å²) in [5.74, 6) is 0.484. The fourth-order valence-electron chi connectivity index (χ4n) is 1.99. The van der Waals surface area contributed by atoms with Crippen LogP contribution in [0.25, 0.3) is 0 Å². The fraction of sp³-hybridized carbons (Fsp3) is 0.438. The lowest BCUT2D eigenvalue weighted by Crippen LogP contribution is -2.28. The molecule has 0 bridgehead atoms. The summed E-state index contributed by atoms with van der Waals surface area (Å²) in [5, 5.41) is 16.5. The predicted octanol–water partition coefficient (Wildman–Crippen LogP) is 2.96. The Kier molecular flexibility index (Phi) is 5.71. The molecule has 3 nitrogen and oxygen atoms in total. The van der Waals surface area contributed by atoms with Gasteiger partial charge in [-0.3, -0.25) is 0 Å². The molecule has 108 valence electrons. The van der Waals surface area contributed by atoms with Crippen LogP contribution in [-0.2, 0) is 13.0 Å². The Bertz CT molecular complexity index is 510. The van der Waals surface area contributed by atoms with Crippen LogP contribution in [0, 0.1) is 0 Å². The largest absolute Gasteiger partial charge is 0.391 e. The van der Waals surface area contributed by atoms with Crippen molar-refractivity contribution in [3.63, 3.8) is 0 Å². The van der Waals surface area contributed by atoms with Crippen molar-refractivity contribution in [1.29, 1.82) is 0 Å². The van der Waals surface area contributed by atoms with E-state index in [0.717, 1.165) is 17.8 Å². The highest BCUT2D eigenvalue weighted by atomic mass is 32.1. The van der Waals surface area contributed by atoms with Gasteiger partial charge in [-0.25, -0.2) is 4.98 Å². The molecular formula is C16H22N2OS. The highest BCUT2D eigenvalue weighted by Crippen LogP contribution is 2.18. The number of thiazole rings is 1. The second-order valence-electron chi connectivity index (χ2n) is 5.31. The van der Waals surface area contributed by atoms with E-state index < -0.39 is 0 Å². The van der Waals surface area contributed by atoms with E-state index in [2.05, 4.69) is 29.5 Å². The molecule has 20 heavy (non-hydrogen) atoms. The molecule has 1 aromatic heterocycles. The third kappa shape index (κ3) is 4.71. The number of aliphatic hydroxyl groups excluding tert-OH is 1. The van der Waals surface area contributed by atoms with Crippen molar-refractivity contribution in [3.8, 4) is 0 Å². The number of nitrogens with zero attached hydrogens (tertiary/aromatic N) is 1. The van der Waals surface area contributed by atoms with Crippen LogP contribution < -0.4 is 5.32 Å². The molecule has 0 fully saturated rings. The van der Waals surface area contributed by atoms with Crippen molar-refractivity contribution in [2.24, 2.45) is 0 Å². The average Bonchev–Trinajstić information content (AvgIpc) is 2.89. The summed E-state index contributed by atoms with van der Waals surface area (Å²) >= 11 is 1.71. The average molecular weight is 290 g/mol. The lowest BCUT2D eigenvalue weighted by molar-refractivity contribution is 0.171. The topological polar surface area (TPSA) is 45.2 Å². The van der Waals surface area contributed by atoms with Gasteiger partial charge in [0.2, 0.25) is 0 Å². The zero-order valence-corrected chi connectivity index (χ0v) is 12.9. The molecule has 4 heteroatoms. The Morgan fingerprint density at radius 3 is 2.65 bits per heavy atom. The minimum Gasteiger partial charge on any atom is -0.391 e. The molecule has 0 saturated heterocycles. The van der Waals surface area contributed by atoms with Crippen molar-refractivity contribution in [3.05, 3.63) is 52.0 Å². The number of aliphatic hydroxyl groups is 1. The van der Waals surface area contributed by atoms with Crippen LogP contribution in [0.4, 0.5) is 0 Å². The molecular weight excluding hydrogens is 268 g/mol. The summed E-state index contributed by atoms with van der Waals surface area (Å²) in [6.07, 6.45) is 0.322. The van der Waals surface area contributed by atoms with Gasteiger partial charge in [0.1, 0.15) is 0 Å². The normalized spacial score (nSPS) is 12.8. The molecule has 2 N–H and O–H groups in total. The number of rotatable bonds is 7. The first kappa shape index (κ1) is 15.2. The van der Waals surface area contributed by atoms with E-state index in [1.165, 1.54) is 5.01 Å². The predicted molar refractivity (Wildman–Crippen MR) is 84.1 cm³/mol. The van der Waals surface area contributed by atoms with Crippen LogP contribution in [0.5, 0.6) is 0 Å². The first-order valence-electron chi connectivity index (χ1n) is 7.02. The quantitative estimate of drug-likeness (QED) is 0.824. The Labute approximate surface area is 124 Å². The molecule has 0 aliphatic rings. The molecule has 1 unspecified atom stereocenters. The Morgan fingerprint density at radius 1 is 1.25 bits per heavy atom. The van der Waals surface area contributed by atoms with Gasteiger partial charge in [0, 0.05) is 24.4 Å². The van der Waals surface area contributed by atoms with Gasteiger partial charge in [-0.05, 0) is 12.0 Å². The molecule has 0 aliphatic heterocycles. The number of nitrogens with one attached hydrogen (secondary N) is 1. The SMILES string of the molecule is CC(C)c1nc(CNCC(O)Cc2ccccc2)cs1. The lowest BCUT2D eigenvalue weighted by Gasteiger charge is -2.11. The summed E-state index contributed by atoms with van der Waals surface area (Å²) in [6.45, 7) is 5.61. The summed E-state index contributed by atoms with van der Waals surface area (Å²) in [6, 6.07) is 10.1. The molecule has 1 aromatic carbocycles. The zero-order chi connectivity index (χ0) is 14.4. The van der Waals surface area contributed by atoms with Crippen LogP contribution in [0.15, 0.2) is 35.7 Å². The van der Waals surface area contributed by atoms with E-state index >= 15 is 0 Å². The summed E-state index contributed by atoms with van der Waals surface area (Å²) in [5.41, 5.74) is 2.23. The third-order valence-electron chi connectivity index (χ3n) is 3.06. The van der Waals surface area contributed by atoms with Crippen LogP contribution in [0.2, 0.25) is 0 Å². The minimum absolute atomic E-state index is 0.361. The van der Waals surface area contributed by atoms with Crippen LogP contribution in [0.3, 0.4) is 0 Å². The smallest absolute Gasteiger partial charge is 0.0954 e. The molecule has 1 heterocycles. The number of hydrogen-bond donors (Lipinski definition) is 2. The molecule has 0 saturated carbocycles. The van der Waals surface area contributed by atoms with Crippen molar-refractivity contribution < 1.29 is 5.11 Å². The molecule has 0 amide bonds. The molecule has 0 spiro atoms. The van der Waals surface area contributed by atoms with Crippen LogP contribution in [-0.4, -0.2) is 22.7 Å². The van der Waals surface area contributed by atoms with Crippen molar-refractivity contribution in [2.45, 2.75) is 38.8 Å². The first-order valence-corrected chi connectivity index (χ1v) is 7.90. The maximum atomic E-state index is 9.99. The second kappa shape index (κ2) is 7.53. The first-order chi connectivity index (χ1) is 9.65.